The number of rotatable bonds is 5. The average molecular weight is 190 g/mol. The van der Waals surface area contributed by atoms with Gasteiger partial charge in [0.2, 0.25) is 0 Å². The Balaban J connectivity index is 2.76. The van der Waals surface area contributed by atoms with Gasteiger partial charge in [-0.3, -0.25) is 0 Å². The summed E-state index contributed by atoms with van der Waals surface area (Å²) in [5, 5.41) is 0. The van der Waals surface area contributed by atoms with Crippen molar-refractivity contribution in [1.82, 2.24) is 0 Å². The van der Waals surface area contributed by atoms with Crippen molar-refractivity contribution < 1.29 is 4.79 Å². The molecule has 0 aliphatic heterocycles. The monoisotopic (exact) mass is 190 g/mol. The lowest BCUT2D eigenvalue weighted by Gasteiger charge is -2.12. The molecule has 1 aromatic rings. The molecule has 76 valence electrons. The number of hydrogen-bond acceptors (Lipinski definition) is 1. The van der Waals surface area contributed by atoms with Gasteiger partial charge in [-0.2, -0.15) is 0 Å². The first kappa shape index (κ1) is 11.0. The Labute approximate surface area is 86.1 Å². The highest BCUT2D eigenvalue weighted by atomic mass is 16.1. The second-order valence-electron chi connectivity index (χ2n) is 3.63. The zero-order chi connectivity index (χ0) is 10.4. The van der Waals surface area contributed by atoms with Gasteiger partial charge < -0.3 is 4.79 Å². The molecule has 0 aliphatic rings. The van der Waals surface area contributed by atoms with Crippen LogP contribution in [-0.4, -0.2) is 6.29 Å². The first-order valence-electron chi connectivity index (χ1n) is 5.34. The molecular formula is C13H18O. The molecule has 0 atom stereocenters. The zero-order valence-electron chi connectivity index (χ0n) is 8.99. The molecule has 0 radical (unpaired) electrons. The molecule has 1 aromatic carbocycles. The van der Waals surface area contributed by atoms with E-state index < -0.39 is 0 Å². The summed E-state index contributed by atoms with van der Waals surface area (Å²) in [7, 11) is 0. The molecule has 0 fully saturated rings. The zero-order valence-corrected chi connectivity index (χ0v) is 8.99. The van der Waals surface area contributed by atoms with Crippen LogP contribution in [0, 0.1) is 0 Å². The van der Waals surface area contributed by atoms with E-state index >= 15 is 0 Å². The van der Waals surface area contributed by atoms with Crippen LogP contribution in [-0.2, 0) is 11.2 Å². The number of carbonyl (C=O) groups is 1. The molecule has 0 bridgehead atoms. The molecule has 0 heterocycles. The summed E-state index contributed by atoms with van der Waals surface area (Å²) in [5.74, 6) is 0.667. The predicted octanol–water partition coefficient (Wildman–Crippen LogP) is 3.33. The molecule has 0 unspecified atom stereocenters. The van der Waals surface area contributed by atoms with Crippen LogP contribution in [0.15, 0.2) is 24.3 Å². The fraction of sp³-hybridized carbons (Fsp3) is 0.462. The van der Waals surface area contributed by atoms with Crippen molar-refractivity contribution in [3.63, 3.8) is 0 Å². The van der Waals surface area contributed by atoms with Crippen molar-refractivity contribution in [2.24, 2.45) is 0 Å². The largest absolute Gasteiger partial charge is 0.303 e. The van der Waals surface area contributed by atoms with Gasteiger partial charge in [0, 0.05) is 6.42 Å². The summed E-state index contributed by atoms with van der Waals surface area (Å²) in [6, 6.07) is 8.41. The second-order valence-corrected chi connectivity index (χ2v) is 3.63. The van der Waals surface area contributed by atoms with E-state index in [1.54, 1.807) is 0 Å². The number of carbonyl (C=O) groups excluding carboxylic acids is 1. The van der Waals surface area contributed by atoms with Gasteiger partial charge in [0.25, 0.3) is 0 Å². The van der Waals surface area contributed by atoms with Crippen LogP contribution in [0.2, 0.25) is 0 Å². The highest BCUT2D eigenvalue weighted by Gasteiger charge is 2.05. The van der Waals surface area contributed by atoms with Crippen molar-refractivity contribution in [2.75, 3.05) is 0 Å². The van der Waals surface area contributed by atoms with Crippen LogP contribution in [0.4, 0.5) is 0 Å². The molecule has 14 heavy (non-hydrogen) atoms. The minimum absolute atomic E-state index is 0.531. The van der Waals surface area contributed by atoms with Gasteiger partial charge in [-0.1, -0.05) is 38.1 Å². The smallest absolute Gasteiger partial charge is 0.124 e. The summed E-state index contributed by atoms with van der Waals surface area (Å²) < 4.78 is 0. The summed E-state index contributed by atoms with van der Waals surface area (Å²) in [6.45, 7) is 4.43. The summed E-state index contributed by atoms with van der Waals surface area (Å²) in [5.41, 5.74) is 2.50. The molecule has 0 saturated heterocycles. The number of hydrogen-bond donors (Lipinski definition) is 0. The molecule has 1 heteroatoms. The van der Waals surface area contributed by atoms with Gasteiger partial charge in [-0.05, 0) is 29.9 Å². The number of benzene rings is 1. The lowest BCUT2D eigenvalue weighted by molar-refractivity contribution is -0.107. The topological polar surface area (TPSA) is 17.1 Å². The summed E-state index contributed by atoms with van der Waals surface area (Å²) >= 11 is 0. The van der Waals surface area contributed by atoms with Gasteiger partial charge in [0.05, 0.1) is 0 Å². The van der Waals surface area contributed by atoms with Crippen LogP contribution >= 0.6 is 0 Å². The molecule has 0 N–H and O–H groups in total. The van der Waals surface area contributed by atoms with E-state index in [0.717, 1.165) is 11.8 Å². The van der Waals surface area contributed by atoms with Crippen molar-refractivity contribution in [3.05, 3.63) is 35.4 Å². The molecule has 0 saturated carbocycles. The third kappa shape index (κ3) is 2.69. The third-order valence-electron chi connectivity index (χ3n) is 2.76. The lowest BCUT2D eigenvalue weighted by atomic mass is 9.93. The fourth-order valence-corrected chi connectivity index (χ4v) is 1.78. The van der Waals surface area contributed by atoms with Gasteiger partial charge in [-0.25, -0.2) is 0 Å². The Bertz CT molecular complexity index is 270. The van der Waals surface area contributed by atoms with E-state index in [1.807, 2.05) is 0 Å². The van der Waals surface area contributed by atoms with E-state index in [4.69, 9.17) is 0 Å². The first-order valence-corrected chi connectivity index (χ1v) is 5.34. The molecule has 0 aliphatic carbocycles. The molecule has 0 aromatic heterocycles. The molecule has 1 nitrogen and oxygen atoms in total. The van der Waals surface area contributed by atoms with Crippen LogP contribution in [0.1, 0.15) is 43.7 Å². The molecule has 0 amide bonds. The summed E-state index contributed by atoms with van der Waals surface area (Å²) in [4.78, 5) is 10.3. The molecule has 1 rings (SSSR count). The van der Waals surface area contributed by atoms with Gasteiger partial charge in [0.15, 0.2) is 0 Å². The Hall–Kier alpha value is -1.11. The van der Waals surface area contributed by atoms with Crippen molar-refractivity contribution in [1.29, 1.82) is 0 Å². The van der Waals surface area contributed by atoms with Gasteiger partial charge in [-0.15, -0.1) is 0 Å². The maximum absolute atomic E-state index is 10.3. The lowest BCUT2D eigenvalue weighted by Crippen LogP contribution is -1.95. The first-order chi connectivity index (χ1) is 6.81. The minimum atomic E-state index is 0.531. The normalized spacial score (nSPS) is 10.5. The van der Waals surface area contributed by atoms with Gasteiger partial charge in [0.1, 0.15) is 6.29 Å². The van der Waals surface area contributed by atoms with E-state index in [2.05, 4.69) is 38.1 Å². The van der Waals surface area contributed by atoms with Crippen molar-refractivity contribution >= 4 is 6.29 Å². The maximum atomic E-state index is 10.3. The van der Waals surface area contributed by atoms with E-state index in [0.29, 0.717) is 12.3 Å². The molecular weight excluding hydrogens is 172 g/mol. The molecule has 0 spiro atoms. The average Bonchev–Trinajstić information content (AvgIpc) is 2.23. The van der Waals surface area contributed by atoms with Crippen molar-refractivity contribution in [3.8, 4) is 0 Å². The van der Waals surface area contributed by atoms with Gasteiger partial charge >= 0.3 is 0 Å². The Kier molecular flexibility index (Phi) is 4.37. The minimum Gasteiger partial charge on any atom is -0.303 e. The van der Waals surface area contributed by atoms with E-state index in [1.165, 1.54) is 18.4 Å². The standard InChI is InChI=1S/C13H18O/c1-3-12(4-2)13-7-5-11(6-8-13)9-10-14/h5-8,10,12H,3-4,9H2,1-2H3. The Morgan fingerprint density at radius 3 is 2.14 bits per heavy atom. The summed E-state index contributed by atoms with van der Waals surface area (Å²) in [6.07, 6.45) is 3.85. The third-order valence-corrected chi connectivity index (χ3v) is 2.76. The Morgan fingerprint density at radius 1 is 1.14 bits per heavy atom. The van der Waals surface area contributed by atoms with Crippen molar-refractivity contribution in [2.45, 2.75) is 39.0 Å². The van der Waals surface area contributed by atoms with E-state index in [-0.39, 0.29) is 0 Å². The SMILES string of the molecule is CCC(CC)c1ccc(CC=O)cc1. The van der Waals surface area contributed by atoms with E-state index in [9.17, 15) is 4.79 Å². The van der Waals surface area contributed by atoms with Crippen LogP contribution in [0.3, 0.4) is 0 Å². The highest BCUT2D eigenvalue weighted by molar-refractivity contribution is 5.54. The highest BCUT2D eigenvalue weighted by Crippen LogP contribution is 2.22. The second kappa shape index (κ2) is 5.58. The maximum Gasteiger partial charge on any atom is 0.124 e. The quantitative estimate of drug-likeness (QED) is 0.651. The number of aldehydes is 1. The Morgan fingerprint density at radius 2 is 1.71 bits per heavy atom. The van der Waals surface area contributed by atoms with Crippen LogP contribution in [0.25, 0.3) is 0 Å². The van der Waals surface area contributed by atoms with Crippen LogP contribution < -0.4 is 0 Å². The van der Waals surface area contributed by atoms with Crippen LogP contribution in [0.5, 0.6) is 0 Å². The fourth-order valence-electron chi connectivity index (χ4n) is 1.78. The predicted molar refractivity (Wildman–Crippen MR) is 59.5 cm³/mol.